The number of amides is 3. The van der Waals surface area contributed by atoms with Crippen LogP contribution in [0.15, 0.2) is 53.7 Å². The average molecular weight is 623 g/mol. The number of nitrogens with zero attached hydrogens (tertiary/aromatic N) is 2. The van der Waals surface area contributed by atoms with Gasteiger partial charge >= 0.3 is 6.03 Å². The summed E-state index contributed by atoms with van der Waals surface area (Å²) in [6, 6.07) is 9.90. The summed E-state index contributed by atoms with van der Waals surface area (Å²) in [5, 5.41) is 5.75. The number of urea groups is 1. The molecule has 1 saturated heterocycles. The maximum absolute atomic E-state index is 13.7. The number of likely N-dealkylation sites (tertiary alicyclic amines) is 1. The van der Waals surface area contributed by atoms with Crippen LogP contribution in [0.1, 0.15) is 53.6 Å². The molecule has 1 fully saturated rings. The minimum atomic E-state index is -4.36. The van der Waals surface area contributed by atoms with Crippen LogP contribution in [0, 0.1) is 12.7 Å². The lowest BCUT2D eigenvalue weighted by atomic mass is 9.89. The van der Waals surface area contributed by atoms with E-state index in [2.05, 4.69) is 15.6 Å². The Bertz CT molecular complexity index is 1550. The standard InChI is InChI=1S/C28H30Cl2FN5O4S/c1-3-10-32-28(38)35-41(39,40)26-15-24(34-25-13-17(2)22(29)14-23(25)30)21(16-33-26)27(37)36-11-8-19(9-12-36)18-4-6-20(31)7-5-18/h4-7,13-16,19H,3,8-12H2,1-2H3,(H,33,34)(H2,32,35,38). The van der Waals surface area contributed by atoms with Crippen molar-refractivity contribution >= 4 is 56.5 Å². The third kappa shape index (κ3) is 7.46. The molecular formula is C28H30Cl2FN5O4S. The van der Waals surface area contributed by atoms with Crippen LogP contribution < -0.4 is 15.4 Å². The highest BCUT2D eigenvalue weighted by Crippen LogP contribution is 2.34. The van der Waals surface area contributed by atoms with Gasteiger partial charge in [-0.2, -0.15) is 8.42 Å². The Kier molecular flexibility index (Phi) is 9.72. The van der Waals surface area contributed by atoms with E-state index >= 15 is 0 Å². The molecule has 218 valence electrons. The molecule has 9 nitrogen and oxygen atoms in total. The molecule has 0 atom stereocenters. The molecule has 1 aromatic heterocycles. The van der Waals surface area contributed by atoms with Crippen molar-refractivity contribution in [3.63, 3.8) is 0 Å². The highest BCUT2D eigenvalue weighted by Gasteiger charge is 2.28. The Balaban J connectivity index is 1.62. The number of aryl methyl sites for hydroxylation is 1. The molecule has 13 heteroatoms. The zero-order chi connectivity index (χ0) is 29.7. The summed E-state index contributed by atoms with van der Waals surface area (Å²) >= 11 is 12.6. The van der Waals surface area contributed by atoms with Gasteiger partial charge in [-0.15, -0.1) is 0 Å². The Morgan fingerprint density at radius 1 is 1.05 bits per heavy atom. The minimum Gasteiger partial charge on any atom is -0.354 e. The maximum Gasteiger partial charge on any atom is 0.328 e. The second kappa shape index (κ2) is 13.1. The number of nitrogens with one attached hydrogen (secondary N) is 3. The van der Waals surface area contributed by atoms with Gasteiger partial charge in [0.2, 0.25) is 0 Å². The number of halogens is 3. The van der Waals surface area contributed by atoms with Crippen molar-refractivity contribution in [1.29, 1.82) is 0 Å². The maximum atomic E-state index is 13.7. The number of carbonyl (C=O) groups excluding carboxylic acids is 2. The molecule has 3 aromatic rings. The van der Waals surface area contributed by atoms with Gasteiger partial charge < -0.3 is 15.5 Å². The molecule has 3 amide bonds. The molecule has 2 heterocycles. The van der Waals surface area contributed by atoms with Crippen LogP contribution in [-0.2, 0) is 10.0 Å². The van der Waals surface area contributed by atoms with Gasteiger partial charge in [0, 0.05) is 36.9 Å². The summed E-state index contributed by atoms with van der Waals surface area (Å²) in [4.78, 5) is 31.4. The first-order chi connectivity index (χ1) is 19.5. The number of rotatable bonds is 8. The lowest BCUT2D eigenvalue weighted by Crippen LogP contribution is -2.40. The summed E-state index contributed by atoms with van der Waals surface area (Å²) in [6.45, 7) is 4.79. The molecule has 0 saturated carbocycles. The van der Waals surface area contributed by atoms with E-state index in [9.17, 15) is 22.4 Å². The topological polar surface area (TPSA) is 120 Å². The summed E-state index contributed by atoms with van der Waals surface area (Å²) < 4.78 is 41.1. The van der Waals surface area contributed by atoms with Gasteiger partial charge in [-0.25, -0.2) is 18.9 Å². The fraction of sp³-hybridized carbons (Fsp3) is 0.321. The van der Waals surface area contributed by atoms with E-state index in [4.69, 9.17) is 23.2 Å². The van der Waals surface area contributed by atoms with E-state index < -0.39 is 21.1 Å². The molecule has 1 aliphatic heterocycles. The lowest BCUT2D eigenvalue weighted by Gasteiger charge is -2.32. The van der Waals surface area contributed by atoms with E-state index in [0.29, 0.717) is 55.2 Å². The number of sulfonamides is 1. The Morgan fingerprint density at radius 2 is 1.73 bits per heavy atom. The van der Waals surface area contributed by atoms with E-state index in [1.165, 1.54) is 24.4 Å². The predicted octanol–water partition coefficient (Wildman–Crippen LogP) is 6.00. The van der Waals surface area contributed by atoms with Crippen LogP contribution in [0.5, 0.6) is 0 Å². The average Bonchev–Trinajstić information content (AvgIpc) is 2.94. The number of benzene rings is 2. The van der Waals surface area contributed by atoms with Gasteiger partial charge in [0.05, 0.1) is 22.0 Å². The van der Waals surface area contributed by atoms with Crippen molar-refractivity contribution in [2.24, 2.45) is 0 Å². The molecule has 0 unspecified atom stereocenters. The van der Waals surface area contributed by atoms with Gasteiger partial charge in [-0.05, 0) is 67.5 Å². The summed E-state index contributed by atoms with van der Waals surface area (Å²) in [6.07, 6.45) is 3.16. The van der Waals surface area contributed by atoms with Crippen molar-refractivity contribution in [2.45, 2.75) is 44.1 Å². The minimum absolute atomic E-state index is 0.128. The SMILES string of the molecule is CCCNC(=O)NS(=O)(=O)c1cc(Nc2cc(C)c(Cl)cc2Cl)c(C(=O)N2CCC(c3ccc(F)cc3)CC2)cn1. The third-order valence-corrected chi connectivity index (χ3v) is 8.74. The fourth-order valence-electron chi connectivity index (χ4n) is 4.53. The number of aromatic nitrogens is 1. The predicted molar refractivity (Wildman–Crippen MR) is 157 cm³/mol. The zero-order valence-electron chi connectivity index (χ0n) is 22.5. The fourth-order valence-corrected chi connectivity index (χ4v) is 5.84. The monoisotopic (exact) mass is 621 g/mol. The van der Waals surface area contributed by atoms with Crippen LogP contribution >= 0.6 is 23.2 Å². The Morgan fingerprint density at radius 3 is 2.39 bits per heavy atom. The molecule has 0 bridgehead atoms. The number of carbonyl (C=O) groups is 2. The first-order valence-electron chi connectivity index (χ1n) is 13.1. The second-order valence-corrected chi connectivity index (χ2v) is 12.2. The molecule has 4 rings (SSSR count). The van der Waals surface area contributed by atoms with Gasteiger partial charge in [-0.3, -0.25) is 4.79 Å². The van der Waals surface area contributed by atoms with Crippen LogP contribution in [0.2, 0.25) is 10.0 Å². The normalized spacial score (nSPS) is 14.0. The van der Waals surface area contributed by atoms with Crippen molar-refractivity contribution < 1.29 is 22.4 Å². The molecule has 1 aliphatic rings. The van der Waals surface area contributed by atoms with Crippen molar-refractivity contribution in [3.05, 3.63) is 81.2 Å². The van der Waals surface area contributed by atoms with Crippen molar-refractivity contribution in [2.75, 3.05) is 25.0 Å². The molecule has 3 N–H and O–H groups in total. The molecule has 0 aliphatic carbocycles. The summed E-state index contributed by atoms with van der Waals surface area (Å²) in [5.74, 6) is -0.465. The smallest absolute Gasteiger partial charge is 0.328 e. The highest BCUT2D eigenvalue weighted by atomic mass is 35.5. The Hall–Kier alpha value is -3.41. The largest absolute Gasteiger partial charge is 0.354 e. The van der Waals surface area contributed by atoms with Gasteiger partial charge in [0.25, 0.3) is 15.9 Å². The number of hydrogen-bond donors (Lipinski definition) is 3. The van der Waals surface area contributed by atoms with Crippen LogP contribution in [0.25, 0.3) is 0 Å². The van der Waals surface area contributed by atoms with Gasteiger partial charge in [-0.1, -0.05) is 42.3 Å². The van der Waals surface area contributed by atoms with Gasteiger partial charge in [0.15, 0.2) is 5.03 Å². The zero-order valence-corrected chi connectivity index (χ0v) is 24.8. The summed E-state index contributed by atoms with van der Waals surface area (Å²) in [7, 11) is -4.36. The number of piperidine rings is 1. The number of anilines is 2. The quantitative estimate of drug-likeness (QED) is 0.284. The van der Waals surface area contributed by atoms with Crippen LogP contribution in [0.3, 0.4) is 0 Å². The number of hydrogen-bond acceptors (Lipinski definition) is 6. The molecular weight excluding hydrogens is 592 g/mol. The van der Waals surface area contributed by atoms with E-state index in [1.54, 1.807) is 36.1 Å². The van der Waals surface area contributed by atoms with Crippen LogP contribution in [-0.4, -0.2) is 49.9 Å². The van der Waals surface area contributed by atoms with Crippen LogP contribution in [0.4, 0.5) is 20.6 Å². The number of pyridine rings is 1. The van der Waals surface area contributed by atoms with Crippen molar-refractivity contribution in [3.8, 4) is 0 Å². The molecule has 41 heavy (non-hydrogen) atoms. The first kappa shape index (κ1) is 30.5. The third-order valence-electron chi connectivity index (χ3n) is 6.79. The first-order valence-corrected chi connectivity index (χ1v) is 15.3. The lowest BCUT2D eigenvalue weighted by molar-refractivity contribution is 0.0713. The van der Waals surface area contributed by atoms with Gasteiger partial charge in [0.1, 0.15) is 5.82 Å². The Labute approximate surface area is 248 Å². The molecule has 0 spiro atoms. The highest BCUT2D eigenvalue weighted by molar-refractivity contribution is 7.90. The van der Waals surface area contributed by atoms with E-state index in [-0.39, 0.29) is 33.9 Å². The van der Waals surface area contributed by atoms with Crippen molar-refractivity contribution in [1.82, 2.24) is 19.9 Å². The van der Waals surface area contributed by atoms with E-state index in [1.807, 2.05) is 11.6 Å². The molecule has 0 radical (unpaired) electrons. The summed E-state index contributed by atoms with van der Waals surface area (Å²) in [5.41, 5.74) is 2.40. The molecule has 2 aromatic carbocycles. The van der Waals surface area contributed by atoms with E-state index in [0.717, 1.165) is 5.56 Å². The second-order valence-electron chi connectivity index (χ2n) is 9.75.